The number of amides is 1. The van der Waals surface area contributed by atoms with Gasteiger partial charge < -0.3 is 5.32 Å². The lowest BCUT2D eigenvalue weighted by molar-refractivity contribution is -0.122. The second-order valence-electron chi connectivity index (χ2n) is 4.23. The summed E-state index contributed by atoms with van der Waals surface area (Å²) in [5, 5.41) is 11.7. The van der Waals surface area contributed by atoms with Gasteiger partial charge in [-0.2, -0.15) is 5.26 Å². The zero-order valence-corrected chi connectivity index (χ0v) is 10.5. The van der Waals surface area contributed by atoms with Gasteiger partial charge in [0.15, 0.2) is 11.7 Å². The Morgan fingerprint density at radius 3 is 2.29 bits per heavy atom. The average molecular weight is 232 g/mol. The fraction of sp³-hybridized carbons (Fsp3) is 0.500. The van der Waals surface area contributed by atoms with E-state index < -0.39 is 5.92 Å². The third kappa shape index (κ3) is 3.52. The summed E-state index contributed by atoms with van der Waals surface area (Å²) in [6.45, 7) is 7.31. The highest BCUT2D eigenvalue weighted by Gasteiger charge is 2.23. The molecule has 0 saturated carbocycles. The van der Waals surface area contributed by atoms with Crippen molar-refractivity contribution in [2.24, 2.45) is 0 Å². The number of nitriles is 1. The summed E-state index contributed by atoms with van der Waals surface area (Å²) in [6.07, 6.45) is 0. The smallest absolute Gasteiger partial charge is 0.245 e. The molecule has 0 spiro atoms. The molecule has 1 unspecified atom stereocenters. The fourth-order valence-electron chi connectivity index (χ4n) is 1.48. The van der Waals surface area contributed by atoms with Crippen LogP contribution in [-0.2, 0) is 4.79 Å². The van der Waals surface area contributed by atoms with Gasteiger partial charge in [0.25, 0.3) is 0 Å². The Morgan fingerprint density at radius 2 is 1.88 bits per heavy atom. The van der Waals surface area contributed by atoms with Crippen LogP contribution in [0.2, 0.25) is 0 Å². The highest BCUT2D eigenvalue weighted by atomic mass is 16.1. The second kappa shape index (κ2) is 5.39. The van der Waals surface area contributed by atoms with Crippen molar-refractivity contribution in [3.63, 3.8) is 0 Å². The van der Waals surface area contributed by atoms with E-state index in [1.165, 1.54) is 0 Å². The van der Waals surface area contributed by atoms with E-state index in [9.17, 15) is 4.79 Å². The summed E-state index contributed by atoms with van der Waals surface area (Å²) >= 11 is 0. The first-order valence-electron chi connectivity index (χ1n) is 5.46. The molecule has 5 nitrogen and oxygen atoms in total. The van der Waals surface area contributed by atoms with E-state index in [4.69, 9.17) is 5.26 Å². The number of carbonyl (C=O) groups excluding carboxylic acids is 1. The number of carbonyl (C=O) groups is 1. The summed E-state index contributed by atoms with van der Waals surface area (Å²) in [4.78, 5) is 20.1. The molecule has 0 aliphatic rings. The third-order valence-corrected chi connectivity index (χ3v) is 2.08. The number of hydrogen-bond acceptors (Lipinski definition) is 4. The van der Waals surface area contributed by atoms with Crippen molar-refractivity contribution < 1.29 is 4.79 Å². The lowest BCUT2D eigenvalue weighted by atomic mass is 10.1. The Labute approximate surface area is 101 Å². The van der Waals surface area contributed by atoms with E-state index in [2.05, 4.69) is 15.3 Å². The molecule has 1 aromatic heterocycles. The Morgan fingerprint density at radius 1 is 1.35 bits per heavy atom. The van der Waals surface area contributed by atoms with Crippen LogP contribution in [0.25, 0.3) is 0 Å². The highest BCUT2D eigenvalue weighted by molar-refractivity contribution is 5.85. The van der Waals surface area contributed by atoms with Crippen LogP contribution in [0.3, 0.4) is 0 Å². The molecular weight excluding hydrogens is 216 g/mol. The fourth-order valence-corrected chi connectivity index (χ4v) is 1.48. The molecule has 0 aliphatic heterocycles. The monoisotopic (exact) mass is 232 g/mol. The average Bonchev–Trinajstić information content (AvgIpc) is 2.15. The van der Waals surface area contributed by atoms with Gasteiger partial charge in [-0.05, 0) is 33.8 Å². The molecule has 1 aromatic rings. The van der Waals surface area contributed by atoms with E-state index in [1.54, 1.807) is 6.07 Å². The number of aromatic nitrogens is 2. The molecule has 0 saturated heterocycles. The van der Waals surface area contributed by atoms with Crippen LogP contribution in [0.4, 0.5) is 0 Å². The summed E-state index contributed by atoms with van der Waals surface area (Å²) in [7, 11) is 0. The van der Waals surface area contributed by atoms with Gasteiger partial charge in [0.05, 0.1) is 6.07 Å². The Kier molecular flexibility index (Phi) is 4.16. The first kappa shape index (κ1) is 13.1. The van der Waals surface area contributed by atoms with Gasteiger partial charge in [-0.3, -0.25) is 4.79 Å². The number of nitrogens with zero attached hydrogens (tertiary/aromatic N) is 3. The predicted octanol–water partition coefficient (Wildman–Crippen LogP) is 1.23. The molecule has 0 aliphatic carbocycles. The molecule has 5 heteroatoms. The van der Waals surface area contributed by atoms with E-state index in [0.29, 0.717) is 0 Å². The van der Waals surface area contributed by atoms with Crippen LogP contribution in [0.15, 0.2) is 6.07 Å². The van der Waals surface area contributed by atoms with Gasteiger partial charge in [0.2, 0.25) is 5.91 Å². The molecule has 1 atom stereocenters. The van der Waals surface area contributed by atoms with Crippen molar-refractivity contribution in [1.82, 2.24) is 15.3 Å². The maximum atomic E-state index is 11.8. The number of hydrogen-bond donors (Lipinski definition) is 1. The van der Waals surface area contributed by atoms with Crippen LogP contribution < -0.4 is 5.32 Å². The minimum absolute atomic E-state index is 0.00995. The van der Waals surface area contributed by atoms with Gasteiger partial charge in [-0.15, -0.1) is 0 Å². The quantitative estimate of drug-likeness (QED) is 0.850. The SMILES string of the molecule is Cc1cc(C)nc(C(C#N)C(=O)NC(C)C)n1. The molecular formula is C12H16N4O. The summed E-state index contributed by atoms with van der Waals surface area (Å²) in [5.74, 6) is -1.04. The van der Waals surface area contributed by atoms with Gasteiger partial charge in [0.1, 0.15) is 0 Å². The Balaban J connectivity index is 3.02. The number of nitrogens with one attached hydrogen (secondary N) is 1. The molecule has 1 N–H and O–H groups in total. The van der Waals surface area contributed by atoms with Crippen LogP contribution in [-0.4, -0.2) is 21.9 Å². The standard InChI is InChI=1S/C12H16N4O/c1-7(2)14-12(17)10(6-13)11-15-8(3)5-9(4)16-11/h5,7,10H,1-4H3,(H,14,17). The lowest BCUT2D eigenvalue weighted by Crippen LogP contribution is -2.34. The first-order valence-corrected chi connectivity index (χ1v) is 5.46. The Hall–Kier alpha value is -1.96. The zero-order valence-electron chi connectivity index (χ0n) is 10.5. The molecule has 1 amide bonds. The highest BCUT2D eigenvalue weighted by Crippen LogP contribution is 2.12. The second-order valence-corrected chi connectivity index (χ2v) is 4.23. The topological polar surface area (TPSA) is 78.7 Å². The molecule has 0 bridgehead atoms. The maximum Gasteiger partial charge on any atom is 0.245 e. The van der Waals surface area contributed by atoms with E-state index in [0.717, 1.165) is 11.4 Å². The molecule has 0 radical (unpaired) electrons. The van der Waals surface area contributed by atoms with Gasteiger partial charge in [-0.25, -0.2) is 9.97 Å². The van der Waals surface area contributed by atoms with E-state index in [1.807, 2.05) is 33.8 Å². The first-order chi connectivity index (χ1) is 7.93. The van der Waals surface area contributed by atoms with E-state index >= 15 is 0 Å². The molecule has 17 heavy (non-hydrogen) atoms. The van der Waals surface area contributed by atoms with Crippen molar-refractivity contribution >= 4 is 5.91 Å². The minimum atomic E-state index is -0.948. The van der Waals surface area contributed by atoms with E-state index in [-0.39, 0.29) is 17.8 Å². The Bertz CT molecular complexity index is 442. The third-order valence-electron chi connectivity index (χ3n) is 2.08. The largest absolute Gasteiger partial charge is 0.352 e. The molecule has 1 heterocycles. The predicted molar refractivity (Wildman–Crippen MR) is 63.1 cm³/mol. The van der Waals surface area contributed by atoms with Crippen LogP contribution in [0, 0.1) is 25.2 Å². The molecule has 90 valence electrons. The van der Waals surface area contributed by atoms with Crippen molar-refractivity contribution in [2.75, 3.05) is 0 Å². The van der Waals surface area contributed by atoms with Crippen molar-refractivity contribution in [3.05, 3.63) is 23.3 Å². The summed E-state index contributed by atoms with van der Waals surface area (Å²) in [5.41, 5.74) is 1.51. The number of rotatable bonds is 3. The van der Waals surface area contributed by atoms with Gasteiger partial charge in [-0.1, -0.05) is 0 Å². The molecule has 1 rings (SSSR count). The summed E-state index contributed by atoms with van der Waals surface area (Å²) < 4.78 is 0. The van der Waals surface area contributed by atoms with Crippen LogP contribution in [0.5, 0.6) is 0 Å². The van der Waals surface area contributed by atoms with Crippen LogP contribution in [0.1, 0.15) is 37.0 Å². The zero-order chi connectivity index (χ0) is 13.0. The molecule has 0 aromatic carbocycles. The van der Waals surface area contributed by atoms with Crippen LogP contribution >= 0.6 is 0 Å². The van der Waals surface area contributed by atoms with Gasteiger partial charge >= 0.3 is 0 Å². The molecule has 0 fully saturated rings. The normalized spacial score (nSPS) is 12.0. The van der Waals surface area contributed by atoms with Crippen molar-refractivity contribution in [1.29, 1.82) is 5.26 Å². The number of aryl methyl sites for hydroxylation is 2. The summed E-state index contributed by atoms with van der Waals surface area (Å²) in [6, 6.07) is 3.73. The van der Waals surface area contributed by atoms with Gasteiger partial charge in [0, 0.05) is 17.4 Å². The van der Waals surface area contributed by atoms with Crippen molar-refractivity contribution in [3.8, 4) is 6.07 Å². The maximum absolute atomic E-state index is 11.8. The minimum Gasteiger partial charge on any atom is -0.352 e. The lowest BCUT2D eigenvalue weighted by Gasteiger charge is -2.12. The van der Waals surface area contributed by atoms with Crippen molar-refractivity contribution in [2.45, 2.75) is 39.7 Å².